The van der Waals surface area contributed by atoms with Crippen LogP contribution in [0.3, 0.4) is 0 Å². The molecule has 0 fully saturated rings. The van der Waals surface area contributed by atoms with E-state index < -0.39 is 0 Å². The van der Waals surface area contributed by atoms with Crippen LogP contribution >= 0.6 is 11.7 Å². The minimum Gasteiger partial charge on any atom is -0.699 e. The molecule has 0 aliphatic carbocycles. The molecule has 0 N–H and O–H groups in total. The average molecular weight is 257 g/mol. The summed E-state index contributed by atoms with van der Waals surface area (Å²) in [6.45, 7) is 0.194. The third kappa shape index (κ3) is 2.24. The number of ether oxygens (including phenoxy) is 1. The highest BCUT2D eigenvalue weighted by molar-refractivity contribution is 6.95. The summed E-state index contributed by atoms with van der Waals surface area (Å²) in [4.78, 5) is 0. The Morgan fingerprint density at radius 1 is 1.44 bits per heavy atom. The van der Waals surface area contributed by atoms with E-state index in [9.17, 15) is 5.21 Å². The molecular weight excluding hydrogens is 250 g/mol. The monoisotopic (exact) mass is 257 g/mol. The Labute approximate surface area is 108 Å². The van der Waals surface area contributed by atoms with Gasteiger partial charge in [-0.2, -0.15) is 9.38 Å². The Kier molecular flexibility index (Phi) is 3.42. The molecule has 0 saturated heterocycles. The number of hydrogen-bond acceptors (Lipinski definition) is 5. The van der Waals surface area contributed by atoms with Crippen molar-refractivity contribution in [2.75, 3.05) is 6.61 Å². The standard InChI is InChI=1S/C12H7N3O2S/c1-2-7-17-10-5-3-9(4-6-10)12-11(8-13)15(16)18-14-12/h1,3-6H,7H2. The summed E-state index contributed by atoms with van der Waals surface area (Å²) in [5, 5.41) is 20.1. The summed E-state index contributed by atoms with van der Waals surface area (Å²) >= 11 is 0.699. The molecule has 0 saturated carbocycles. The van der Waals surface area contributed by atoms with Crippen molar-refractivity contribution in [2.45, 2.75) is 0 Å². The number of aromatic nitrogens is 2. The number of hydrogen-bond donors (Lipinski definition) is 0. The fourth-order valence-corrected chi connectivity index (χ4v) is 1.92. The van der Waals surface area contributed by atoms with Gasteiger partial charge in [-0.15, -0.1) is 6.42 Å². The van der Waals surface area contributed by atoms with E-state index >= 15 is 0 Å². The summed E-state index contributed by atoms with van der Waals surface area (Å²) in [5.74, 6) is 2.99. The molecule has 6 heteroatoms. The molecule has 2 aromatic rings. The quantitative estimate of drug-likeness (QED) is 0.472. The van der Waals surface area contributed by atoms with E-state index in [1.807, 2.05) is 6.07 Å². The average Bonchev–Trinajstić information content (AvgIpc) is 2.78. The van der Waals surface area contributed by atoms with Crippen molar-refractivity contribution in [3.05, 3.63) is 35.2 Å². The van der Waals surface area contributed by atoms with Crippen LogP contribution < -0.4 is 8.86 Å². The molecule has 0 amide bonds. The molecule has 0 bridgehead atoms. The van der Waals surface area contributed by atoms with E-state index in [1.54, 1.807) is 24.3 Å². The first kappa shape index (κ1) is 11.9. The zero-order chi connectivity index (χ0) is 13.0. The molecule has 2 rings (SSSR count). The number of terminal acetylenes is 1. The van der Waals surface area contributed by atoms with Gasteiger partial charge in [-0.05, 0) is 24.3 Å². The zero-order valence-corrected chi connectivity index (χ0v) is 9.98. The van der Waals surface area contributed by atoms with E-state index in [0.29, 0.717) is 32.9 Å². The molecule has 1 aromatic carbocycles. The van der Waals surface area contributed by atoms with Crippen molar-refractivity contribution in [1.29, 1.82) is 5.26 Å². The summed E-state index contributed by atoms with van der Waals surface area (Å²) in [7, 11) is 0. The first-order chi connectivity index (χ1) is 8.76. The van der Waals surface area contributed by atoms with Crippen LogP contribution in [-0.2, 0) is 0 Å². The molecule has 88 valence electrons. The van der Waals surface area contributed by atoms with E-state index in [4.69, 9.17) is 16.4 Å². The van der Waals surface area contributed by atoms with Gasteiger partial charge in [-0.3, -0.25) is 0 Å². The van der Waals surface area contributed by atoms with Gasteiger partial charge in [0.15, 0.2) is 0 Å². The summed E-state index contributed by atoms with van der Waals surface area (Å²) < 4.78 is 9.65. The second kappa shape index (κ2) is 5.17. The number of nitrogens with zero attached hydrogens (tertiary/aromatic N) is 3. The zero-order valence-electron chi connectivity index (χ0n) is 9.16. The van der Waals surface area contributed by atoms with Crippen LogP contribution in [-0.4, -0.2) is 11.0 Å². The highest BCUT2D eigenvalue weighted by atomic mass is 32.1. The molecule has 0 atom stereocenters. The van der Waals surface area contributed by atoms with Crippen LogP contribution in [0.1, 0.15) is 5.69 Å². The molecule has 0 unspecified atom stereocenters. The van der Waals surface area contributed by atoms with E-state index in [1.165, 1.54) is 0 Å². The van der Waals surface area contributed by atoms with E-state index in [-0.39, 0.29) is 12.3 Å². The third-order valence-electron chi connectivity index (χ3n) is 2.17. The topological polar surface area (TPSA) is 72.8 Å². The first-order valence-electron chi connectivity index (χ1n) is 4.92. The second-order valence-electron chi connectivity index (χ2n) is 3.26. The van der Waals surface area contributed by atoms with Gasteiger partial charge in [0.2, 0.25) is 0 Å². The molecule has 1 aromatic heterocycles. The lowest BCUT2D eigenvalue weighted by Crippen LogP contribution is -2.23. The number of nitriles is 1. The van der Waals surface area contributed by atoms with Gasteiger partial charge in [0.1, 0.15) is 18.4 Å². The van der Waals surface area contributed by atoms with Crippen LogP contribution in [0, 0.1) is 28.9 Å². The maximum Gasteiger partial charge on any atom is 0.282 e. The number of benzene rings is 1. The fourth-order valence-electron chi connectivity index (χ4n) is 1.37. The van der Waals surface area contributed by atoms with Gasteiger partial charge in [-0.25, -0.2) is 0 Å². The van der Waals surface area contributed by atoms with Crippen LogP contribution in [0.2, 0.25) is 0 Å². The molecule has 18 heavy (non-hydrogen) atoms. The smallest absolute Gasteiger partial charge is 0.282 e. The van der Waals surface area contributed by atoms with Gasteiger partial charge >= 0.3 is 0 Å². The largest absolute Gasteiger partial charge is 0.699 e. The van der Waals surface area contributed by atoms with Gasteiger partial charge in [0.05, 0.1) is 0 Å². The predicted octanol–water partition coefficient (Wildman–Crippen LogP) is 1.33. The van der Waals surface area contributed by atoms with Crippen LogP contribution in [0.5, 0.6) is 5.75 Å². The Bertz CT molecular complexity index is 635. The van der Waals surface area contributed by atoms with Crippen molar-refractivity contribution >= 4 is 11.7 Å². The van der Waals surface area contributed by atoms with Gasteiger partial charge < -0.3 is 9.94 Å². The summed E-state index contributed by atoms with van der Waals surface area (Å²) in [6.07, 6.45) is 5.08. The lowest BCUT2D eigenvalue weighted by molar-refractivity contribution is -0.532. The number of rotatable bonds is 3. The Balaban J connectivity index is 2.30. The van der Waals surface area contributed by atoms with E-state index in [2.05, 4.69) is 10.3 Å². The highest BCUT2D eigenvalue weighted by Crippen LogP contribution is 2.23. The van der Waals surface area contributed by atoms with Crippen molar-refractivity contribution in [3.8, 4) is 35.4 Å². The van der Waals surface area contributed by atoms with Crippen molar-refractivity contribution in [1.82, 2.24) is 4.37 Å². The Hall–Kier alpha value is -2.57. The summed E-state index contributed by atoms with van der Waals surface area (Å²) in [6, 6.07) is 8.70. The van der Waals surface area contributed by atoms with Crippen LogP contribution in [0.4, 0.5) is 0 Å². The molecule has 0 aliphatic heterocycles. The fraction of sp³-hybridized carbons (Fsp3) is 0.0833. The molecule has 1 heterocycles. The van der Waals surface area contributed by atoms with Gasteiger partial charge in [0.25, 0.3) is 23.1 Å². The highest BCUT2D eigenvalue weighted by Gasteiger charge is 2.20. The summed E-state index contributed by atoms with van der Waals surface area (Å²) in [5.41, 5.74) is 1.06. The Morgan fingerprint density at radius 2 is 2.17 bits per heavy atom. The molecular formula is C12H7N3O2S. The minimum absolute atomic E-state index is 0.00251. The maximum absolute atomic E-state index is 11.3. The molecule has 0 aliphatic rings. The van der Waals surface area contributed by atoms with Crippen molar-refractivity contribution in [2.24, 2.45) is 0 Å². The maximum atomic E-state index is 11.3. The SMILES string of the molecule is C#CCOc1ccc(-c2ns[n+]([O-])c2C#N)cc1. The predicted molar refractivity (Wildman–Crippen MR) is 65.6 cm³/mol. The van der Waals surface area contributed by atoms with Crippen LogP contribution in [0.15, 0.2) is 24.3 Å². The van der Waals surface area contributed by atoms with Crippen LogP contribution in [0.25, 0.3) is 11.3 Å². The Morgan fingerprint density at radius 3 is 2.78 bits per heavy atom. The van der Waals surface area contributed by atoms with Crippen molar-refractivity contribution < 1.29 is 8.86 Å². The normalized spacial score (nSPS) is 9.44. The molecule has 0 spiro atoms. The molecule has 0 radical (unpaired) electrons. The van der Waals surface area contributed by atoms with Gasteiger partial charge in [0, 0.05) is 9.94 Å². The third-order valence-corrected chi connectivity index (χ3v) is 2.76. The first-order valence-corrected chi connectivity index (χ1v) is 5.66. The van der Waals surface area contributed by atoms with Crippen molar-refractivity contribution in [3.63, 3.8) is 0 Å². The van der Waals surface area contributed by atoms with E-state index in [0.717, 1.165) is 0 Å². The molecule has 5 nitrogen and oxygen atoms in total. The lowest BCUT2D eigenvalue weighted by atomic mass is 10.1. The second-order valence-corrected chi connectivity index (χ2v) is 3.93. The minimum atomic E-state index is -0.00251. The lowest BCUT2D eigenvalue weighted by Gasteiger charge is -2.01. The van der Waals surface area contributed by atoms with Gasteiger partial charge in [-0.1, -0.05) is 5.92 Å².